The Bertz CT molecular complexity index is 1100. The third-order valence-corrected chi connectivity index (χ3v) is 5.06. The predicted octanol–water partition coefficient (Wildman–Crippen LogP) is 5.42. The summed E-state index contributed by atoms with van der Waals surface area (Å²) in [4.78, 5) is 20.2. The van der Waals surface area contributed by atoms with Crippen LogP contribution in [-0.4, -0.2) is 21.6 Å². The maximum Gasteiger partial charge on any atom is 0.417 e. The lowest BCUT2D eigenvalue weighted by molar-refractivity contribution is -0.137. The standard InChI is InChI=1S/C20H12ClF3N4OS/c21-15-5-1-12(2-6-15)16-7-3-13(9-25)19(27-16)30-11-18(29)28-17-8-4-14(10-26-17)20(22,23)24/h1-8,10H,11H2,(H,26,28,29). The maximum atomic E-state index is 12.6. The van der Waals surface area contributed by atoms with Crippen molar-refractivity contribution in [1.82, 2.24) is 9.97 Å². The van der Waals surface area contributed by atoms with E-state index in [0.717, 1.165) is 29.5 Å². The largest absolute Gasteiger partial charge is 0.417 e. The monoisotopic (exact) mass is 448 g/mol. The summed E-state index contributed by atoms with van der Waals surface area (Å²) in [5, 5.41) is 12.6. The Kier molecular flexibility index (Phi) is 6.59. The fourth-order valence-corrected chi connectivity index (χ4v) is 3.26. The first-order valence-electron chi connectivity index (χ1n) is 8.39. The molecule has 0 fully saturated rings. The molecule has 0 saturated carbocycles. The van der Waals surface area contributed by atoms with Gasteiger partial charge in [0.1, 0.15) is 16.9 Å². The number of thioether (sulfide) groups is 1. The summed E-state index contributed by atoms with van der Waals surface area (Å²) in [6.45, 7) is 0. The average Bonchev–Trinajstić information content (AvgIpc) is 2.72. The number of benzene rings is 1. The van der Waals surface area contributed by atoms with Crippen molar-refractivity contribution in [1.29, 1.82) is 5.26 Å². The fourth-order valence-electron chi connectivity index (χ4n) is 2.37. The van der Waals surface area contributed by atoms with Crippen molar-refractivity contribution in [2.45, 2.75) is 11.2 Å². The van der Waals surface area contributed by atoms with Gasteiger partial charge in [0.15, 0.2) is 0 Å². The van der Waals surface area contributed by atoms with Crippen molar-refractivity contribution in [2.24, 2.45) is 0 Å². The molecule has 0 radical (unpaired) electrons. The number of rotatable bonds is 5. The van der Waals surface area contributed by atoms with E-state index in [1.54, 1.807) is 36.4 Å². The zero-order chi connectivity index (χ0) is 21.7. The third-order valence-electron chi connectivity index (χ3n) is 3.82. The zero-order valence-electron chi connectivity index (χ0n) is 15.1. The van der Waals surface area contributed by atoms with Crippen LogP contribution in [0.5, 0.6) is 0 Å². The highest BCUT2D eigenvalue weighted by atomic mass is 35.5. The molecule has 3 aromatic rings. The highest BCUT2D eigenvalue weighted by Crippen LogP contribution is 2.29. The molecule has 1 aromatic carbocycles. The van der Waals surface area contributed by atoms with Crippen molar-refractivity contribution in [3.8, 4) is 17.3 Å². The molecule has 0 aliphatic carbocycles. The first-order valence-corrected chi connectivity index (χ1v) is 9.75. The minimum absolute atomic E-state index is 0.00280. The first kappa shape index (κ1) is 21.6. The first-order chi connectivity index (χ1) is 14.3. The van der Waals surface area contributed by atoms with Crippen molar-refractivity contribution < 1.29 is 18.0 Å². The van der Waals surface area contributed by atoms with Gasteiger partial charge in [-0.3, -0.25) is 4.79 Å². The highest BCUT2D eigenvalue weighted by Gasteiger charge is 2.30. The number of carbonyl (C=O) groups excluding carboxylic acids is 1. The van der Waals surface area contributed by atoms with Crippen LogP contribution in [0.4, 0.5) is 19.0 Å². The van der Waals surface area contributed by atoms with Crippen LogP contribution < -0.4 is 5.32 Å². The van der Waals surface area contributed by atoms with Gasteiger partial charge in [0.25, 0.3) is 0 Å². The Balaban J connectivity index is 1.68. The van der Waals surface area contributed by atoms with E-state index in [9.17, 15) is 23.2 Å². The van der Waals surface area contributed by atoms with Gasteiger partial charge in [0.2, 0.25) is 5.91 Å². The van der Waals surface area contributed by atoms with E-state index in [4.69, 9.17) is 11.6 Å². The minimum atomic E-state index is -4.50. The van der Waals surface area contributed by atoms with Crippen LogP contribution in [0.25, 0.3) is 11.3 Å². The predicted molar refractivity (Wildman–Crippen MR) is 108 cm³/mol. The van der Waals surface area contributed by atoms with Gasteiger partial charge in [-0.25, -0.2) is 9.97 Å². The molecule has 3 rings (SSSR count). The van der Waals surface area contributed by atoms with E-state index >= 15 is 0 Å². The Morgan fingerprint density at radius 1 is 1.13 bits per heavy atom. The van der Waals surface area contributed by atoms with Crippen LogP contribution in [-0.2, 0) is 11.0 Å². The fraction of sp³-hybridized carbons (Fsp3) is 0.100. The molecule has 2 aromatic heterocycles. The van der Waals surface area contributed by atoms with E-state index in [0.29, 0.717) is 27.5 Å². The average molecular weight is 449 g/mol. The van der Waals surface area contributed by atoms with E-state index < -0.39 is 17.6 Å². The second-order valence-corrected chi connectivity index (χ2v) is 7.34. The Hall–Kier alpha value is -3.09. The summed E-state index contributed by atoms with van der Waals surface area (Å²) in [5.41, 5.74) is 0.803. The molecule has 1 amide bonds. The lowest BCUT2D eigenvalue weighted by Crippen LogP contribution is -2.16. The van der Waals surface area contributed by atoms with Gasteiger partial charge in [-0.2, -0.15) is 18.4 Å². The number of halogens is 4. The van der Waals surface area contributed by atoms with Crippen molar-refractivity contribution in [3.05, 3.63) is 70.9 Å². The van der Waals surface area contributed by atoms with E-state index in [1.165, 1.54) is 0 Å². The quantitative estimate of drug-likeness (QED) is 0.527. The van der Waals surface area contributed by atoms with E-state index in [1.807, 2.05) is 6.07 Å². The molecule has 10 heteroatoms. The molecule has 5 nitrogen and oxygen atoms in total. The van der Waals surface area contributed by atoms with Gasteiger partial charge in [-0.05, 0) is 36.4 Å². The van der Waals surface area contributed by atoms with Gasteiger partial charge in [-0.15, -0.1) is 0 Å². The number of hydrogen-bond acceptors (Lipinski definition) is 5. The maximum absolute atomic E-state index is 12.6. The van der Waals surface area contributed by atoms with Gasteiger partial charge >= 0.3 is 6.18 Å². The minimum Gasteiger partial charge on any atom is -0.310 e. The molecule has 0 saturated heterocycles. The molecule has 1 N–H and O–H groups in total. The van der Waals surface area contributed by atoms with Gasteiger partial charge in [-0.1, -0.05) is 35.5 Å². The number of carbonyl (C=O) groups is 1. The summed E-state index contributed by atoms with van der Waals surface area (Å²) in [6.07, 6.45) is -3.85. The van der Waals surface area contributed by atoms with Crippen LogP contribution in [0.3, 0.4) is 0 Å². The van der Waals surface area contributed by atoms with Crippen LogP contribution in [0, 0.1) is 11.3 Å². The van der Waals surface area contributed by atoms with Gasteiger partial charge < -0.3 is 5.32 Å². The second kappa shape index (κ2) is 9.15. The van der Waals surface area contributed by atoms with Crippen molar-refractivity contribution >= 4 is 35.1 Å². The lowest BCUT2D eigenvalue weighted by atomic mass is 10.1. The third kappa shape index (κ3) is 5.49. The SMILES string of the molecule is N#Cc1ccc(-c2ccc(Cl)cc2)nc1SCC(=O)Nc1ccc(C(F)(F)F)cn1. The van der Waals surface area contributed by atoms with Crippen molar-refractivity contribution in [2.75, 3.05) is 11.1 Å². The summed E-state index contributed by atoms with van der Waals surface area (Å²) in [5.74, 6) is -0.596. The molecule has 0 bridgehead atoms. The molecule has 0 atom stereocenters. The number of anilines is 1. The molecule has 152 valence electrons. The summed E-state index contributed by atoms with van der Waals surface area (Å²) < 4.78 is 37.7. The van der Waals surface area contributed by atoms with Crippen LogP contribution in [0.2, 0.25) is 5.02 Å². The molecule has 30 heavy (non-hydrogen) atoms. The summed E-state index contributed by atoms with van der Waals surface area (Å²) >= 11 is 6.93. The van der Waals surface area contributed by atoms with Crippen LogP contribution in [0.1, 0.15) is 11.1 Å². The Morgan fingerprint density at radius 2 is 1.87 bits per heavy atom. The summed E-state index contributed by atoms with van der Waals surface area (Å²) in [7, 11) is 0. The molecule has 0 aliphatic rings. The van der Waals surface area contributed by atoms with Gasteiger partial charge in [0.05, 0.1) is 22.6 Å². The number of alkyl halides is 3. The Morgan fingerprint density at radius 3 is 2.47 bits per heavy atom. The normalized spacial score (nSPS) is 11.0. The number of nitrogens with one attached hydrogen (secondary N) is 1. The van der Waals surface area contributed by atoms with Crippen LogP contribution in [0.15, 0.2) is 59.8 Å². The molecular weight excluding hydrogens is 437 g/mol. The molecular formula is C20H12ClF3N4OS. The summed E-state index contributed by atoms with van der Waals surface area (Å²) in [6, 6.07) is 14.2. The van der Waals surface area contributed by atoms with Gasteiger partial charge in [0, 0.05) is 16.8 Å². The smallest absolute Gasteiger partial charge is 0.310 e. The number of nitrogens with zero attached hydrogens (tertiary/aromatic N) is 3. The number of nitriles is 1. The topological polar surface area (TPSA) is 78.7 Å². The Labute approximate surface area is 178 Å². The van der Waals surface area contributed by atoms with E-state index in [-0.39, 0.29) is 11.6 Å². The zero-order valence-corrected chi connectivity index (χ0v) is 16.6. The van der Waals surface area contributed by atoms with Crippen molar-refractivity contribution in [3.63, 3.8) is 0 Å². The highest BCUT2D eigenvalue weighted by molar-refractivity contribution is 8.00. The van der Waals surface area contributed by atoms with Crippen LogP contribution >= 0.6 is 23.4 Å². The second-order valence-electron chi connectivity index (χ2n) is 5.93. The number of pyridine rings is 2. The molecule has 2 heterocycles. The molecule has 0 unspecified atom stereocenters. The number of hydrogen-bond donors (Lipinski definition) is 1. The lowest BCUT2D eigenvalue weighted by Gasteiger charge is -2.09. The molecule has 0 spiro atoms. The van der Waals surface area contributed by atoms with E-state index in [2.05, 4.69) is 15.3 Å². The number of aromatic nitrogens is 2. The number of amides is 1. The molecule has 0 aliphatic heterocycles.